The zero-order chi connectivity index (χ0) is 18.2. The van der Waals surface area contributed by atoms with Gasteiger partial charge >= 0.3 is 5.97 Å². The van der Waals surface area contributed by atoms with Crippen LogP contribution in [0.3, 0.4) is 0 Å². The molecule has 0 saturated carbocycles. The molecule has 0 aliphatic rings. The van der Waals surface area contributed by atoms with Gasteiger partial charge in [-0.2, -0.15) is 0 Å². The zero-order valence-corrected chi connectivity index (χ0v) is 14.7. The van der Waals surface area contributed by atoms with Crippen molar-refractivity contribution < 1.29 is 19.4 Å². The minimum atomic E-state index is -0.382. The van der Waals surface area contributed by atoms with E-state index in [1.54, 1.807) is 12.1 Å². The van der Waals surface area contributed by atoms with Gasteiger partial charge in [0.15, 0.2) is 11.5 Å². The van der Waals surface area contributed by atoms with Crippen molar-refractivity contribution in [3.63, 3.8) is 0 Å². The van der Waals surface area contributed by atoms with Crippen molar-refractivity contribution >= 4 is 12.0 Å². The first-order valence-corrected chi connectivity index (χ1v) is 7.98. The lowest BCUT2D eigenvalue weighted by atomic mass is 10.1. The highest BCUT2D eigenvalue weighted by molar-refractivity contribution is 5.71. The van der Waals surface area contributed by atoms with Crippen molar-refractivity contribution in [1.82, 2.24) is 4.90 Å². The molecule has 0 amide bonds. The van der Waals surface area contributed by atoms with Gasteiger partial charge in [-0.05, 0) is 30.8 Å². The van der Waals surface area contributed by atoms with Crippen LogP contribution in [0.1, 0.15) is 18.1 Å². The summed E-state index contributed by atoms with van der Waals surface area (Å²) in [5.74, 6) is 0.847. The molecule has 0 bridgehead atoms. The number of benzene rings is 2. The lowest BCUT2D eigenvalue weighted by Gasteiger charge is -2.15. The Morgan fingerprint density at radius 1 is 1.20 bits per heavy atom. The number of hydrogen-bond acceptors (Lipinski definition) is 5. The Balaban J connectivity index is 1.97. The number of methoxy groups -OCH3 is 1. The quantitative estimate of drug-likeness (QED) is 0.617. The molecule has 0 heterocycles. The highest BCUT2D eigenvalue weighted by Crippen LogP contribution is 2.28. The summed E-state index contributed by atoms with van der Waals surface area (Å²) in [5, 5.41) is 9.81. The number of rotatable bonds is 7. The van der Waals surface area contributed by atoms with E-state index in [-0.39, 0.29) is 5.97 Å². The standard InChI is InChI=1S/C20H23NO4/c1-15(22)25-19-11-10-16(13-20(19)24-3)7-6-12-21(2)14-17-8-4-5-9-18(17)23/h4-11,13,23H,12,14H2,1-3H3/b7-6+. The van der Waals surface area contributed by atoms with Crippen molar-refractivity contribution in [2.45, 2.75) is 13.5 Å². The molecule has 2 aromatic carbocycles. The molecule has 0 unspecified atom stereocenters. The van der Waals surface area contributed by atoms with Gasteiger partial charge in [-0.25, -0.2) is 0 Å². The van der Waals surface area contributed by atoms with Crippen molar-refractivity contribution in [2.24, 2.45) is 0 Å². The molecule has 0 saturated heterocycles. The highest BCUT2D eigenvalue weighted by Gasteiger charge is 2.07. The second-order valence-electron chi connectivity index (χ2n) is 5.73. The predicted molar refractivity (Wildman–Crippen MR) is 97.8 cm³/mol. The molecule has 1 N–H and O–H groups in total. The number of likely N-dealkylation sites (N-methyl/N-ethyl adjacent to an activating group) is 1. The summed E-state index contributed by atoms with van der Waals surface area (Å²) < 4.78 is 10.3. The maximum atomic E-state index is 11.1. The molecule has 0 spiro atoms. The number of aromatic hydroxyl groups is 1. The fourth-order valence-electron chi connectivity index (χ4n) is 2.40. The number of para-hydroxylation sites is 1. The van der Waals surface area contributed by atoms with Gasteiger partial charge in [-0.1, -0.05) is 36.4 Å². The van der Waals surface area contributed by atoms with Gasteiger partial charge in [0.1, 0.15) is 5.75 Å². The second-order valence-corrected chi connectivity index (χ2v) is 5.73. The number of nitrogens with zero attached hydrogens (tertiary/aromatic N) is 1. The second kappa shape index (κ2) is 8.89. The van der Waals surface area contributed by atoms with E-state index in [1.807, 2.05) is 49.5 Å². The van der Waals surface area contributed by atoms with Gasteiger partial charge in [0.2, 0.25) is 0 Å². The van der Waals surface area contributed by atoms with E-state index in [1.165, 1.54) is 14.0 Å². The molecule has 5 nitrogen and oxygen atoms in total. The number of esters is 1. The van der Waals surface area contributed by atoms with Crippen LogP contribution in [0.25, 0.3) is 6.08 Å². The van der Waals surface area contributed by atoms with E-state index in [2.05, 4.69) is 4.90 Å². The molecular weight excluding hydrogens is 318 g/mol. The van der Waals surface area contributed by atoms with Gasteiger partial charge in [0, 0.05) is 25.6 Å². The molecule has 25 heavy (non-hydrogen) atoms. The first kappa shape index (κ1) is 18.5. The van der Waals surface area contributed by atoms with Crippen molar-refractivity contribution in [2.75, 3.05) is 20.7 Å². The van der Waals surface area contributed by atoms with Crippen LogP contribution in [0.15, 0.2) is 48.5 Å². The Bertz CT molecular complexity index is 755. The monoisotopic (exact) mass is 341 g/mol. The summed E-state index contributed by atoms with van der Waals surface area (Å²) in [5.41, 5.74) is 1.84. The van der Waals surface area contributed by atoms with Crippen molar-refractivity contribution in [1.29, 1.82) is 0 Å². The average Bonchev–Trinajstić information content (AvgIpc) is 2.57. The molecule has 0 atom stereocenters. The number of phenols is 1. The highest BCUT2D eigenvalue weighted by atomic mass is 16.6. The van der Waals surface area contributed by atoms with Crippen molar-refractivity contribution in [3.8, 4) is 17.2 Å². The molecule has 2 aromatic rings. The van der Waals surface area contributed by atoms with E-state index in [9.17, 15) is 9.90 Å². The van der Waals surface area contributed by atoms with Crippen LogP contribution in [0.5, 0.6) is 17.2 Å². The molecule has 5 heteroatoms. The number of phenolic OH excluding ortho intramolecular Hbond substituents is 1. The van der Waals surface area contributed by atoms with Crippen LogP contribution in [0.4, 0.5) is 0 Å². The maximum absolute atomic E-state index is 11.1. The first-order valence-electron chi connectivity index (χ1n) is 7.98. The number of hydrogen-bond donors (Lipinski definition) is 1. The number of carbonyl (C=O) groups excluding carboxylic acids is 1. The smallest absolute Gasteiger partial charge is 0.308 e. The largest absolute Gasteiger partial charge is 0.508 e. The third-order valence-corrected chi connectivity index (χ3v) is 3.60. The summed E-state index contributed by atoms with van der Waals surface area (Å²) >= 11 is 0. The first-order chi connectivity index (χ1) is 12.0. The van der Waals surface area contributed by atoms with Gasteiger partial charge < -0.3 is 14.6 Å². The zero-order valence-electron chi connectivity index (χ0n) is 14.7. The van der Waals surface area contributed by atoms with Crippen LogP contribution in [0, 0.1) is 0 Å². The van der Waals surface area contributed by atoms with E-state index in [0.29, 0.717) is 23.8 Å². The topological polar surface area (TPSA) is 59.0 Å². The van der Waals surface area contributed by atoms with Crippen LogP contribution in [-0.2, 0) is 11.3 Å². The minimum absolute atomic E-state index is 0.309. The summed E-state index contributed by atoms with van der Waals surface area (Å²) in [7, 11) is 3.52. The molecule has 132 valence electrons. The maximum Gasteiger partial charge on any atom is 0.308 e. The lowest BCUT2D eigenvalue weighted by molar-refractivity contribution is -0.132. The number of ether oxygens (including phenoxy) is 2. The van der Waals surface area contributed by atoms with E-state index >= 15 is 0 Å². The minimum Gasteiger partial charge on any atom is -0.508 e. The summed E-state index contributed by atoms with van der Waals surface area (Å²) in [4.78, 5) is 13.2. The molecule has 2 rings (SSSR count). The molecule has 0 aromatic heterocycles. The SMILES string of the molecule is COc1cc(/C=C/CN(C)Cc2ccccc2O)ccc1OC(C)=O. The Kier molecular flexibility index (Phi) is 6.60. The molecule has 0 aliphatic carbocycles. The summed E-state index contributed by atoms with van der Waals surface area (Å²) in [6, 6.07) is 12.7. The predicted octanol–water partition coefficient (Wildman–Crippen LogP) is 3.47. The van der Waals surface area contributed by atoms with E-state index < -0.39 is 0 Å². The van der Waals surface area contributed by atoms with Crippen LogP contribution < -0.4 is 9.47 Å². The third-order valence-electron chi connectivity index (χ3n) is 3.60. The Morgan fingerprint density at radius 3 is 2.64 bits per heavy atom. The van der Waals surface area contributed by atoms with Crippen molar-refractivity contribution in [3.05, 3.63) is 59.7 Å². The summed E-state index contributed by atoms with van der Waals surface area (Å²) in [6.07, 6.45) is 4.00. The number of carbonyl (C=O) groups is 1. The normalized spacial score (nSPS) is 11.0. The molecular formula is C20H23NO4. The van der Waals surface area contributed by atoms with Crippen LogP contribution >= 0.6 is 0 Å². The van der Waals surface area contributed by atoms with E-state index in [0.717, 1.165) is 17.7 Å². The Labute approximate surface area is 148 Å². The Hall–Kier alpha value is -2.79. The fourth-order valence-corrected chi connectivity index (χ4v) is 2.40. The van der Waals surface area contributed by atoms with Gasteiger partial charge in [-0.3, -0.25) is 9.69 Å². The van der Waals surface area contributed by atoms with Gasteiger partial charge in [0.05, 0.1) is 7.11 Å². The lowest BCUT2D eigenvalue weighted by Crippen LogP contribution is -2.17. The fraction of sp³-hybridized carbons (Fsp3) is 0.250. The van der Waals surface area contributed by atoms with Gasteiger partial charge in [0.25, 0.3) is 0 Å². The molecule has 0 radical (unpaired) electrons. The molecule has 0 fully saturated rings. The Morgan fingerprint density at radius 2 is 1.96 bits per heavy atom. The summed E-state index contributed by atoms with van der Waals surface area (Å²) in [6.45, 7) is 2.74. The van der Waals surface area contributed by atoms with E-state index in [4.69, 9.17) is 9.47 Å². The van der Waals surface area contributed by atoms with Crippen LogP contribution in [-0.4, -0.2) is 36.7 Å². The molecule has 0 aliphatic heterocycles. The third kappa shape index (κ3) is 5.65. The van der Waals surface area contributed by atoms with Gasteiger partial charge in [-0.15, -0.1) is 0 Å². The van der Waals surface area contributed by atoms with Crippen LogP contribution in [0.2, 0.25) is 0 Å². The average molecular weight is 341 g/mol.